The van der Waals surface area contributed by atoms with E-state index >= 15 is 0 Å². The van der Waals surface area contributed by atoms with Crippen molar-refractivity contribution in [2.24, 2.45) is 0 Å². The third kappa shape index (κ3) is 2.92. The molecule has 0 aromatic carbocycles. The Labute approximate surface area is 143 Å². The minimum atomic E-state index is -0.0294. The van der Waals surface area contributed by atoms with E-state index in [9.17, 15) is 4.79 Å². The Morgan fingerprint density at radius 1 is 1.29 bits per heavy atom. The largest absolute Gasteiger partial charge is 0.335 e. The molecule has 0 radical (unpaired) electrons. The Morgan fingerprint density at radius 2 is 2.25 bits per heavy atom. The van der Waals surface area contributed by atoms with Crippen molar-refractivity contribution in [2.75, 3.05) is 13.1 Å². The normalized spacial score (nSPS) is 17.8. The average molecular weight is 340 g/mol. The number of rotatable bonds is 3. The summed E-state index contributed by atoms with van der Waals surface area (Å²) in [5, 5.41) is 6.81. The number of amides is 1. The topological polar surface area (TPSA) is 76.8 Å². The van der Waals surface area contributed by atoms with Crippen molar-refractivity contribution in [2.45, 2.75) is 18.9 Å². The molecule has 7 nitrogen and oxygen atoms in total. The number of likely N-dealkylation sites (tertiary alicyclic amines) is 1. The molecule has 4 rings (SSSR count). The van der Waals surface area contributed by atoms with Gasteiger partial charge >= 0.3 is 0 Å². The maximum absolute atomic E-state index is 12.8. The van der Waals surface area contributed by atoms with Crippen LogP contribution in [0.1, 0.15) is 29.4 Å². The molecule has 1 atom stereocenters. The molecule has 0 N–H and O–H groups in total. The molecule has 0 saturated carbocycles. The van der Waals surface area contributed by atoms with Crippen molar-refractivity contribution in [3.05, 3.63) is 48.1 Å². The van der Waals surface area contributed by atoms with Gasteiger partial charge in [0, 0.05) is 43.3 Å². The number of nitrogens with zero attached hydrogens (tertiary/aromatic N) is 6. The van der Waals surface area contributed by atoms with Crippen LogP contribution in [0, 0.1) is 0 Å². The van der Waals surface area contributed by atoms with Crippen LogP contribution in [-0.2, 0) is 0 Å². The highest BCUT2D eigenvalue weighted by atomic mass is 32.1. The zero-order chi connectivity index (χ0) is 16.4. The molecule has 1 saturated heterocycles. The first-order chi connectivity index (χ1) is 11.8. The first-order valence-corrected chi connectivity index (χ1v) is 8.69. The van der Waals surface area contributed by atoms with E-state index in [-0.39, 0.29) is 11.9 Å². The second kappa shape index (κ2) is 6.48. The van der Waals surface area contributed by atoms with Gasteiger partial charge in [-0.3, -0.25) is 19.4 Å². The summed E-state index contributed by atoms with van der Waals surface area (Å²) < 4.78 is 1.94. The second-order valence-corrected chi connectivity index (χ2v) is 6.52. The maximum Gasteiger partial charge on any atom is 0.273 e. The van der Waals surface area contributed by atoms with E-state index in [1.165, 1.54) is 11.3 Å². The third-order valence-corrected chi connectivity index (χ3v) is 4.95. The lowest BCUT2D eigenvalue weighted by atomic mass is 10.1. The zero-order valence-electron chi connectivity index (χ0n) is 12.9. The lowest BCUT2D eigenvalue weighted by Crippen LogP contribution is -2.41. The molecule has 4 heterocycles. The van der Waals surface area contributed by atoms with Crippen LogP contribution in [0.25, 0.3) is 10.7 Å². The SMILES string of the molecule is O=C(c1csc(-c2cnccn2)n1)N1CCC[C@@H](n2cccn2)C1. The van der Waals surface area contributed by atoms with Crippen molar-refractivity contribution in [3.63, 3.8) is 0 Å². The van der Waals surface area contributed by atoms with Crippen LogP contribution in [0.15, 0.2) is 42.4 Å². The fourth-order valence-corrected chi connectivity index (χ4v) is 3.67. The van der Waals surface area contributed by atoms with Crippen LogP contribution >= 0.6 is 11.3 Å². The molecule has 0 spiro atoms. The van der Waals surface area contributed by atoms with Gasteiger partial charge in [0.2, 0.25) is 0 Å². The molecule has 0 bridgehead atoms. The van der Waals surface area contributed by atoms with Gasteiger partial charge in [-0.25, -0.2) is 4.98 Å². The quantitative estimate of drug-likeness (QED) is 0.731. The summed E-state index contributed by atoms with van der Waals surface area (Å²) in [6.07, 6.45) is 10.6. The number of carbonyl (C=O) groups is 1. The Kier molecular flexibility index (Phi) is 4.04. The van der Waals surface area contributed by atoms with Gasteiger partial charge in [0.25, 0.3) is 5.91 Å². The Bertz CT molecular complexity index is 816. The van der Waals surface area contributed by atoms with Crippen LogP contribution in [-0.4, -0.2) is 48.6 Å². The molecule has 3 aromatic rings. The fourth-order valence-electron chi connectivity index (χ4n) is 2.91. The molecule has 1 aliphatic heterocycles. The summed E-state index contributed by atoms with van der Waals surface area (Å²) >= 11 is 1.41. The lowest BCUT2D eigenvalue weighted by molar-refractivity contribution is 0.0668. The molecule has 122 valence electrons. The minimum absolute atomic E-state index is 0.0294. The summed E-state index contributed by atoms with van der Waals surface area (Å²) in [5.74, 6) is -0.0294. The van der Waals surface area contributed by atoms with Gasteiger partial charge < -0.3 is 4.90 Å². The van der Waals surface area contributed by atoms with E-state index in [0.29, 0.717) is 22.9 Å². The monoisotopic (exact) mass is 340 g/mol. The molecule has 1 fully saturated rings. The van der Waals surface area contributed by atoms with E-state index in [0.717, 1.165) is 19.4 Å². The van der Waals surface area contributed by atoms with Gasteiger partial charge in [-0.2, -0.15) is 5.10 Å². The molecule has 1 amide bonds. The van der Waals surface area contributed by atoms with E-state index in [4.69, 9.17) is 0 Å². The highest BCUT2D eigenvalue weighted by Crippen LogP contribution is 2.25. The number of thiazole rings is 1. The Morgan fingerprint density at radius 3 is 3.04 bits per heavy atom. The second-order valence-electron chi connectivity index (χ2n) is 5.66. The van der Waals surface area contributed by atoms with E-state index in [2.05, 4.69) is 20.1 Å². The van der Waals surface area contributed by atoms with Crippen LogP contribution in [0.3, 0.4) is 0 Å². The van der Waals surface area contributed by atoms with Gasteiger partial charge in [-0.05, 0) is 18.9 Å². The van der Waals surface area contributed by atoms with Crippen molar-refractivity contribution >= 4 is 17.2 Å². The summed E-state index contributed by atoms with van der Waals surface area (Å²) in [5.41, 5.74) is 1.16. The molecular formula is C16H16N6OS. The van der Waals surface area contributed by atoms with Crippen LogP contribution in [0.4, 0.5) is 0 Å². The van der Waals surface area contributed by atoms with Gasteiger partial charge in [-0.15, -0.1) is 11.3 Å². The van der Waals surface area contributed by atoms with Crippen molar-refractivity contribution in [3.8, 4) is 10.7 Å². The van der Waals surface area contributed by atoms with Gasteiger partial charge in [-0.1, -0.05) is 0 Å². The van der Waals surface area contributed by atoms with Crippen molar-refractivity contribution in [1.29, 1.82) is 0 Å². The minimum Gasteiger partial charge on any atom is -0.335 e. The first kappa shape index (κ1) is 14.9. The van der Waals surface area contributed by atoms with Gasteiger partial charge in [0.05, 0.1) is 12.2 Å². The number of hydrogen-bond acceptors (Lipinski definition) is 6. The standard InChI is InChI=1S/C16H16N6OS/c23-16(14-11-24-15(20-14)13-9-17-5-6-18-13)21-7-1-3-12(10-21)22-8-2-4-19-22/h2,4-6,8-9,11-12H,1,3,7,10H2/t12-/m1/s1. The predicted octanol–water partition coefficient (Wildman–Crippen LogP) is 2.27. The zero-order valence-corrected chi connectivity index (χ0v) is 13.8. The summed E-state index contributed by atoms with van der Waals surface area (Å²) in [4.78, 5) is 27.3. The van der Waals surface area contributed by atoms with E-state index in [1.807, 2.05) is 21.8 Å². The van der Waals surface area contributed by atoms with E-state index in [1.54, 1.807) is 30.2 Å². The fraction of sp³-hybridized carbons (Fsp3) is 0.312. The maximum atomic E-state index is 12.8. The smallest absolute Gasteiger partial charge is 0.273 e. The molecule has 1 aliphatic rings. The van der Waals surface area contributed by atoms with Crippen molar-refractivity contribution in [1.82, 2.24) is 29.6 Å². The molecule has 3 aromatic heterocycles. The molecular weight excluding hydrogens is 324 g/mol. The average Bonchev–Trinajstić information content (AvgIpc) is 3.34. The van der Waals surface area contributed by atoms with Crippen LogP contribution < -0.4 is 0 Å². The van der Waals surface area contributed by atoms with Gasteiger partial charge in [0.15, 0.2) is 0 Å². The highest BCUT2D eigenvalue weighted by molar-refractivity contribution is 7.13. The summed E-state index contributed by atoms with van der Waals surface area (Å²) in [7, 11) is 0. The lowest BCUT2D eigenvalue weighted by Gasteiger charge is -2.32. The number of aromatic nitrogens is 5. The molecule has 0 aliphatic carbocycles. The number of piperidine rings is 1. The molecule has 8 heteroatoms. The van der Waals surface area contributed by atoms with Crippen LogP contribution in [0.5, 0.6) is 0 Å². The highest BCUT2D eigenvalue weighted by Gasteiger charge is 2.27. The number of hydrogen-bond donors (Lipinski definition) is 0. The van der Waals surface area contributed by atoms with Gasteiger partial charge in [0.1, 0.15) is 16.4 Å². The summed E-state index contributed by atoms with van der Waals surface area (Å²) in [6, 6.07) is 2.14. The third-order valence-electron chi connectivity index (χ3n) is 4.09. The van der Waals surface area contributed by atoms with Crippen LogP contribution in [0.2, 0.25) is 0 Å². The summed E-state index contributed by atoms with van der Waals surface area (Å²) in [6.45, 7) is 1.42. The van der Waals surface area contributed by atoms with E-state index < -0.39 is 0 Å². The van der Waals surface area contributed by atoms with Crippen molar-refractivity contribution < 1.29 is 4.79 Å². The molecule has 0 unspecified atom stereocenters. The Balaban J connectivity index is 1.50. The Hall–Kier alpha value is -2.61. The number of carbonyl (C=O) groups excluding carboxylic acids is 1. The predicted molar refractivity (Wildman–Crippen MR) is 89.5 cm³/mol. The molecule has 24 heavy (non-hydrogen) atoms. The first-order valence-electron chi connectivity index (χ1n) is 7.81.